The summed E-state index contributed by atoms with van der Waals surface area (Å²) in [5.41, 5.74) is 7.42. The van der Waals surface area contributed by atoms with Gasteiger partial charge in [0, 0.05) is 12.2 Å². The summed E-state index contributed by atoms with van der Waals surface area (Å²) in [6.07, 6.45) is 0. The summed E-state index contributed by atoms with van der Waals surface area (Å²) in [6, 6.07) is 5.45. The van der Waals surface area contributed by atoms with Crippen molar-refractivity contribution in [1.29, 1.82) is 0 Å². The van der Waals surface area contributed by atoms with Crippen LogP contribution in [-0.4, -0.2) is 24.5 Å². The van der Waals surface area contributed by atoms with Crippen LogP contribution in [0.5, 0.6) is 5.75 Å². The number of anilines is 3. The predicted molar refractivity (Wildman–Crippen MR) is 86.4 cm³/mol. The van der Waals surface area contributed by atoms with E-state index in [9.17, 15) is 4.79 Å². The molecule has 0 saturated heterocycles. The molecule has 0 aliphatic carbocycles. The maximum Gasteiger partial charge on any atom is 0.269 e. The van der Waals surface area contributed by atoms with Gasteiger partial charge in [-0.05, 0) is 37.6 Å². The molecule has 2 aromatic rings. The van der Waals surface area contributed by atoms with Gasteiger partial charge in [0.25, 0.3) is 5.91 Å². The summed E-state index contributed by atoms with van der Waals surface area (Å²) in [4.78, 5) is 16.8. The number of benzene rings is 1. The topological polar surface area (TPSA) is 89.3 Å². The number of ether oxygens (including phenoxy) is 1. The molecule has 7 heteroatoms. The van der Waals surface area contributed by atoms with Crippen molar-refractivity contribution in [2.45, 2.75) is 13.8 Å². The van der Waals surface area contributed by atoms with Crippen LogP contribution in [0.1, 0.15) is 22.2 Å². The van der Waals surface area contributed by atoms with Gasteiger partial charge in [-0.15, -0.1) is 0 Å². The highest BCUT2D eigenvalue weighted by Gasteiger charge is 2.16. The van der Waals surface area contributed by atoms with Crippen LogP contribution in [0.15, 0.2) is 18.2 Å². The van der Waals surface area contributed by atoms with Crippen LogP contribution >= 0.6 is 11.3 Å². The molecule has 0 spiro atoms. The second kappa shape index (κ2) is 6.45. The molecular formula is C14H18N4O2S. The van der Waals surface area contributed by atoms with Gasteiger partial charge < -0.3 is 21.1 Å². The molecule has 0 atom stereocenters. The lowest BCUT2D eigenvalue weighted by molar-refractivity contribution is 0.103. The van der Waals surface area contributed by atoms with E-state index in [1.54, 1.807) is 19.2 Å². The molecule has 6 nitrogen and oxygen atoms in total. The second-order valence-corrected chi connectivity index (χ2v) is 5.40. The fraction of sp³-hybridized carbons (Fsp3) is 0.286. The maximum absolute atomic E-state index is 12.3. The molecule has 1 heterocycles. The van der Waals surface area contributed by atoms with Gasteiger partial charge in [-0.1, -0.05) is 11.3 Å². The second-order valence-electron chi connectivity index (χ2n) is 4.40. The number of nitrogens with one attached hydrogen (secondary N) is 2. The van der Waals surface area contributed by atoms with Crippen molar-refractivity contribution in [2.75, 3.05) is 30.0 Å². The summed E-state index contributed by atoms with van der Waals surface area (Å²) in [6.45, 7) is 4.59. The fourth-order valence-electron chi connectivity index (χ4n) is 1.80. The number of nitrogens with zero attached hydrogens (tertiary/aromatic N) is 1. The van der Waals surface area contributed by atoms with Gasteiger partial charge >= 0.3 is 0 Å². The first-order valence-electron chi connectivity index (χ1n) is 6.51. The van der Waals surface area contributed by atoms with Gasteiger partial charge in [0.1, 0.15) is 16.4 Å². The predicted octanol–water partition coefficient (Wildman–Crippen LogP) is 2.73. The summed E-state index contributed by atoms with van der Waals surface area (Å²) in [5.74, 6) is 0.722. The van der Waals surface area contributed by atoms with Gasteiger partial charge in [0.2, 0.25) is 0 Å². The Morgan fingerprint density at radius 3 is 2.86 bits per heavy atom. The largest absolute Gasteiger partial charge is 0.497 e. The number of hydrogen-bond donors (Lipinski definition) is 3. The molecule has 1 aromatic carbocycles. The SMILES string of the molecule is CCNc1nc(N)c(C(=O)Nc2ccc(OC)cc2C)s1. The number of rotatable bonds is 5. The third-order valence-electron chi connectivity index (χ3n) is 2.87. The first-order valence-corrected chi connectivity index (χ1v) is 7.33. The van der Waals surface area contributed by atoms with E-state index in [0.717, 1.165) is 23.5 Å². The van der Waals surface area contributed by atoms with Crippen LogP contribution in [0.3, 0.4) is 0 Å². The zero-order chi connectivity index (χ0) is 15.4. The van der Waals surface area contributed by atoms with Crippen LogP contribution in [-0.2, 0) is 0 Å². The van der Waals surface area contributed by atoms with E-state index in [1.807, 2.05) is 19.9 Å². The zero-order valence-corrected chi connectivity index (χ0v) is 13.0. The monoisotopic (exact) mass is 306 g/mol. The van der Waals surface area contributed by atoms with Crippen LogP contribution in [0.2, 0.25) is 0 Å². The summed E-state index contributed by atoms with van der Waals surface area (Å²) in [7, 11) is 1.60. The Morgan fingerprint density at radius 1 is 1.48 bits per heavy atom. The highest BCUT2D eigenvalue weighted by Crippen LogP contribution is 2.27. The van der Waals surface area contributed by atoms with Crippen molar-refractivity contribution in [3.8, 4) is 5.75 Å². The number of carbonyl (C=O) groups is 1. The van der Waals surface area contributed by atoms with E-state index in [4.69, 9.17) is 10.5 Å². The lowest BCUT2D eigenvalue weighted by Crippen LogP contribution is -2.13. The van der Waals surface area contributed by atoms with Gasteiger partial charge in [0.15, 0.2) is 5.13 Å². The third-order valence-corrected chi connectivity index (χ3v) is 3.90. The normalized spacial score (nSPS) is 10.2. The molecule has 0 aliphatic rings. The lowest BCUT2D eigenvalue weighted by Gasteiger charge is -2.09. The Morgan fingerprint density at radius 2 is 2.24 bits per heavy atom. The molecule has 2 rings (SSSR count). The highest BCUT2D eigenvalue weighted by atomic mass is 32.1. The molecular weight excluding hydrogens is 288 g/mol. The van der Waals surface area contributed by atoms with Crippen molar-refractivity contribution in [2.24, 2.45) is 0 Å². The average molecular weight is 306 g/mol. The third kappa shape index (κ3) is 3.43. The van der Waals surface area contributed by atoms with Crippen LogP contribution < -0.4 is 21.1 Å². The number of methoxy groups -OCH3 is 1. The number of aromatic nitrogens is 1. The van der Waals surface area contributed by atoms with Crippen LogP contribution in [0, 0.1) is 6.92 Å². The van der Waals surface area contributed by atoms with Crippen LogP contribution in [0.4, 0.5) is 16.6 Å². The van der Waals surface area contributed by atoms with Gasteiger partial charge in [-0.3, -0.25) is 4.79 Å². The number of nitrogen functional groups attached to an aromatic ring is 1. The van der Waals surface area contributed by atoms with Crippen molar-refractivity contribution in [1.82, 2.24) is 4.98 Å². The molecule has 4 N–H and O–H groups in total. The first kappa shape index (κ1) is 15.1. The lowest BCUT2D eigenvalue weighted by atomic mass is 10.2. The molecule has 1 aromatic heterocycles. The fourth-order valence-corrected chi connectivity index (χ4v) is 2.65. The molecule has 1 amide bonds. The van der Waals surface area contributed by atoms with Crippen molar-refractivity contribution >= 4 is 33.9 Å². The van der Waals surface area contributed by atoms with E-state index in [-0.39, 0.29) is 11.7 Å². The molecule has 0 unspecified atom stereocenters. The van der Waals surface area contributed by atoms with E-state index < -0.39 is 0 Å². The Labute approximate surface area is 127 Å². The van der Waals surface area contributed by atoms with E-state index in [0.29, 0.717) is 10.0 Å². The molecule has 0 fully saturated rings. The van der Waals surface area contributed by atoms with Crippen molar-refractivity contribution in [3.63, 3.8) is 0 Å². The van der Waals surface area contributed by atoms with Gasteiger partial charge in [-0.2, -0.15) is 0 Å². The standard InChI is InChI=1S/C14H18N4O2S/c1-4-16-14-18-12(15)11(21-14)13(19)17-10-6-5-9(20-3)7-8(10)2/h5-7H,4,15H2,1-3H3,(H,16,18)(H,17,19). The molecule has 0 saturated carbocycles. The van der Waals surface area contributed by atoms with E-state index >= 15 is 0 Å². The highest BCUT2D eigenvalue weighted by molar-refractivity contribution is 7.18. The number of thiazole rings is 1. The Bertz CT molecular complexity index is 654. The van der Waals surface area contributed by atoms with Gasteiger partial charge in [-0.25, -0.2) is 4.98 Å². The molecule has 0 radical (unpaired) electrons. The number of amides is 1. The average Bonchev–Trinajstić information content (AvgIpc) is 2.82. The molecule has 0 bridgehead atoms. The Kier molecular flexibility index (Phi) is 4.64. The number of hydrogen-bond acceptors (Lipinski definition) is 6. The zero-order valence-electron chi connectivity index (χ0n) is 12.2. The molecule has 112 valence electrons. The first-order chi connectivity index (χ1) is 10.0. The number of nitrogens with two attached hydrogens (primary N) is 1. The Balaban J connectivity index is 2.18. The number of aryl methyl sites for hydroxylation is 1. The van der Waals surface area contributed by atoms with Gasteiger partial charge in [0.05, 0.1) is 7.11 Å². The summed E-state index contributed by atoms with van der Waals surface area (Å²) >= 11 is 1.24. The minimum absolute atomic E-state index is 0.236. The maximum atomic E-state index is 12.3. The Hall–Kier alpha value is -2.28. The molecule has 21 heavy (non-hydrogen) atoms. The molecule has 0 aliphatic heterocycles. The van der Waals surface area contributed by atoms with E-state index in [1.165, 1.54) is 11.3 Å². The quantitative estimate of drug-likeness (QED) is 0.790. The van der Waals surface area contributed by atoms with Crippen LogP contribution in [0.25, 0.3) is 0 Å². The van der Waals surface area contributed by atoms with Crippen molar-refractivity contribution in [3.05, 3.63) is 28.6 Å². The summed E-state index contributed by atoms with van der Waals surface area (Å²) in [5, 5.41) is 6.53. The summed E-state index contributed by atoms with van der Waals surface area (Å²) < 4.78 is 5.14. The minimum atomic E-state index is -0.262. The van der Waals surface area contributed by atoms with Crippen molar-refractivity contribution < 1.29 is 9.53 Å². The smallest absolute Gasteiger partial charge is 0.269 e. The number of carbonyl (C=O) groups excluding carboxylic acids is 1. The minimum Gasteiger partial charge on any atom is -0.497 e. The van der Waals surface area contributed by atoms with E-state index in [2.05, 4.69) is 15.6 Å².